The van der Waals surface area contributed by atoms with Gasteiger partial charge in [-0.05, 0) is 58.5 Å². The van der Waals surface area contributed by atoms with E-state index in [2.05, 4.69) is 28.7 Å². The highest BCUT2D eigenvalue weighted by atomic mass is 32.1. The molecule has 1 atom stereocenters. The van der Waals surface area contributed by atoms with E-state index in [0.29, 0.717) is 31.9 Å². The van der Waals surface area contributed by atoms with Gasteiger partial charge >= 0.3 is 6.03 Å². The van der Waals surface area contributed by atoms with Gasteiger partial charge < -0.3 is 20.6 Å². The number of phenols is 1. The third-order valence-electron chi connectivity index (χ3n) is 4.58. The van der Waals surface area contributed by atoms with Crippen LogP contribution in [0.1, 0.15) is 16.7 Å². The van der Waals surface area contributed by atoms with Crippen molar-refractivity contribution in [3.63, 3.8) is 0 Å². The lowest BCUT2D eigenvalue weighted by Crippen LogP contribution is -2.49. The molecule has 0 saturated carbocycles. The number of phenolic OH excluding ortho intramolecular Hbond substituents is 1. The van der Waals surface area contributed by atoms with Crippen LogP contribution in [0.15, 0.2) is 47.7 Å². The quantitative estimate of drug-likeness (QED) is 0.656. The Balaban J connectivity index is 1.53. The Kier molecular flexibility index (Phi) is 6.30. The largest absolute Gasteiger partial charge is 0.508 e. The van der Waals surface area contributed by atoms with Gasteiger partial charge in [-0.2, -0.15) is 11.3 Å². The van der Waals surface area contributed by atoms with Crippen molar-refractivity contribution in [1.82, 2.24) is 15.5 Å². The standard InChI is InChI=1S/C20H25N3O2S/c1-2-8-23(20(25)21-7-5-15-6-9-26-14-15)13-18-10-16-3-4-19(24)11-17(16)12-22-18/h2-4,6,9,11,14,18,22,24H,1,5,7-8,10,12-13H2,(H,21,25)/t18-/m0/s1. The zero-order valence-corrected chi connectivity index (χ0v) is 15.6. The van der Waals surface area contributed by atoms with E-state index in [4.69, 9.17) is 0 Å². The minimum atomic E-state index is -0.0570. The Morgan fingerprint density at radius 2 is 2.31 bits per heavy atom. The molecule has 26 heavy (non-hydrogen) atoms. The van der Waals surface area contributed by atoms with Gasteiger partial charge in [-0.15, -0.1) is 6.58 Å². The molecule has 1 aliphatic heterocycles. The van der Waals surface area contributed by atoms with Gasteiger partial charge in [-0.3, -0.25) is 0 Å². The Labute approximate surface area is 158 Å². The predicted molar refractivity (Wildman–Crippen MR) is 106 cm³/mol. The number of thiophene rings is 1. The van der Waals surface area contributed by atoms with Crippen molar-refractivity contribution in [2.45, 2.75) is 25.4 Å². The first-order chi connectivity index (χ1) is 12.7. The van der Waals surface area contributed by atoms with Crippen molar-refractivity contribution in [2.24, 2.45) is 0 Å². The smallest absolute Gasteiger partial charge is 0.317 e. The maximum absolute atomic E-state index is 12.5. The van der Waals surface area contributed by atoms with Gasteiger partial charge in [0.1, 0.15) is 5.75 Å². The van der Waals surface area contributed by atoms with E-state index in [9.17, 15) is 9.90 Å². The molecule has 3 rings (SSSR count). The fourth-order valence-corrected chi connectivity index (χ4v) is 3.92. The zero-order valence-electron chi connectivity index (χ0n) is 14.8. The molecule has 5 nitrogen and oxygen atoms in total. The second-order valence-electron chi connectivity index (χ2n) is 6.54. The summed E-state index contributed by atoms with van der Waals surface area (Å²) in [6, 6.07) is 7.71. The number of nitrogens with zero attached hydrogens (tertiary/aromatic N) is 1. The molecular formula is C20H25N3O2S. The SMILES string of the molecule is C=CCN(C[C@@H]1Cc2ccc(O)cc2CN1)C(=O)NCCc1ccsc1. The molecule has 2 aromatic rings. The van der Waals surface area contributed by atoms with Crippen LogP contribution in [-0.2, 0) is 19.4 Å². The van der Waals surface area contributed by atoms with E-state index in [1.807, 2.05) is 11.4 Å². The second kappa shape index (κ2) is 8.87. The lowest BCUT2D eigenvalue weighted by atomic mass is 9.95. The normalized spacial score (nSPS) is 15.9. The molecule has 0 bridgehead atoms. The van der Waals surface area contributed by atoms with E-state index >= 15 is 0 Å². The molecule has 0 unspecified atom stereocenters. The Hall–Kier alpha value is -2.31. The lowest BCUT2D eigenvalue weighted by Gasteiger charge is -2.31. The van der Waals surface area contributed by atoms with Gasteiger partial charge in [0.2, 0.25) is 0 Å². The first-order valence-corrected chi connectivity index (χ1v) is 9.79. The second-order valence-corrected chi connectivity index (χ2v) is 7.32. The minimum Gasteiger partial charge on any atom is -0.508 e. The predicted octanol–water partition coefficient (Wildman–Crippen LogP) is 2.91. The molecule has 1 aromatic heterocycles. The number of aromatic hydroxyl groups is 1. The van der Waals surface area contributed by atoms with Crippen LogP contribution in [0.5, 0.6) is 5.75 Å². The van der Waals surface area contributed by atoms with Crippen LogP contribution < -0.4 is 10.6 Å². The molecule has 0 fully saturated rings. The van der Waals surface area contributed by atoms with Gasteiger partial charge in [-0.25, -0.2) is 4.79 Å². The summed E-state index contributed by atoms with van der Waals surface area (Å²) in [4.78, 5) is 14.3. The molecule has 138 valence electrons. The molecule has 3 N–H and O–H groups in total. The number of hydrogen-bond acceptors (Lipinski definition) is 4. The van der Waals surface area contributed by atoms with Crippen molar-refractivity contribution in [1.29, 1.82) is 0 Å². The van der Waals surface area contributed by atoms with Gasteiger partial charge in [-0.1, -0.05) is 12.1 Å². The highest BCUT2D eigenvalue weighted by Crippen LogP contribution is 2.21. The summed E-state index contributed by atoms with van der Waals surface area (Å²) < 4.78 is 0. The Morgan fingerprint density at radius 3 is 3.08 bits per heavy atom. The maximum Gasteiger partial charge on any atom is 0.317 e. The Morgan fingerprint density at radius 1 is 1.42 bits per heavy atom. The van der Waals surface area contributed by atoms with E-state index in [0.717, 1.165) is 18.4 Å². The summed E-state index contributed by atoms with van der Waals surface area (Å²) in [6.07, 6.45) is 3.44. The molecule has 0 radical (unpaired) electrons. The first-order valence-electron chi connectivity index (χ1n) is 8.84. The summed E-state index contributed by atoms with van der Waals surface area (Å²) in [5.74, 6) is 0.294. The van der Waals surface area contributed by atoms with E-state index in [1.165, 1.54) is 11.1 Å². The molecule has 1 aromatic carbocycles. The highest BCUT2D eigenvalue weighted by molar-refractivity contribution is 7.07. The minimum absolute atomic E-state index is 0.0570. The molecule has 0 spiro atoms. The van der Waals surface area contributed by atoms with Gasteiger partial charge in [0.15, 0.2) is 0 Å². The Bertz CT molecular complexity index is 746. The van der Waals surface area contributed by atoms with Crippen molar-refractivity contribution >= 4 is 17.4 Å². The zero-order chi connectivity index (χ0) is 18.4. The van der Waals surface area contributed by atoms with Crippen molar-refractivity contribution in [3.05, 3.63) is 64.4 Å². The van der Waals surface area contributed by atoms with Crippen LogP contribution in [0.2, 0.25) is 0 Å². The number of benzene rings is 1. The summed E-state index contributed by atoms with van der Waals surface area (Å²) in [7, 11) is 0. The third kappa shape index (κ3) is 4.86. The number of fused-ring (bicyclic) bond motifs is 1. The van der Waals surface area contributed by atoms with Crippen LogP contribution in [0.4, 0.5) is 4.79 Å². The maximum atomic E-state index is 12.5. The number of amides is 2. The number of urea groups is 1. The fraction of sp³-hybridized carbons (Fsp3) is 0.350. The van der Waals surface area contributed by atoms with Crippen LogP contribution in [-0.4, -0.2) is 41.7 Å². The molecule has 2 heterocycles. The van der Waals surface area contributed by atoms with E-state index in [1.54, 1.807) is 34.4 Å². The monoisotopic (exact) mass is 371 g/mol. The summed E-state index contributed by atoms with van der Waals surface area (Å²) in [5, 5.41) is 20.2. The molecule has 2 amide bonds. The summed E-state index contributed by atoms with van der Waals surface area (Å²) in [6.45, 7) is 6.25. The van der Waals surface area contributed by atoms with Gasteiger partial charge in [0.05, 0.1) is 0 Å². The summed E-state index contributed by atoms with van der Waals surface area (Å²) in [5.41, 5.74) is 3.60. The van der Waals surface area contributed by atoms with Crippen LogP contribution in [0, 0.1) is 0 Å². The van der Waals surface area contributed by atoms with Crippen LogP contribution in [0.3, 0.4) is 0 Å². The fourth-order valence-electron chi connectivity index (χ4n) is 3.22. The topological polar surface area (TPSA) is 64.6 Å². The average molecular weight is 372 g/mol. The molecule has 0 saturated heterocycles. The first kappa shape index (κ1) is 18.5. The van der Waals surface area contributed by atoms with Crippen molar-refractivity contribution in [3.8, 4) is 5.75 Å². The van der Waals surface area contributed by atoms with Gasteiger partial charge in [0, 0.05) is 32.2 Å². The van der Waals surface area contributed by atoms with Crippen LogP contribution in [0.25, 0.3) is 0 Å². The number of hydrogen-bond donors (Lipinski definition) is 3. The van der Waals surface area contributed by atoms with E-state index in [-0.39, 0.29) is 12.1 Å². The molecule has 1 aliphatic rings. The molecule has 0 aliphatic carbocycles. The average Bonchev–Trinajstić information content (AvgIpc) is 3.15. The number of carbonyl (C=O) groups excluding carboxylic acids is 1. The van der Waals surface area contributed by atoms with Crippen molar-refractivity contribution in [2.75, 3.05) is 19.6 Å². The van der Waals surface area contributed by atoms with Crippen LogP contribution >= 0.6 is 11.3 Å². The lowest BCUT2D eigenvalue weighted by molar-refractivity contribution is 0.196. The summed E-state index contributed by atoms with van der Waals surface area (Å²) >= 11 is 1.67. The van der Waals surface area contributed by atoms with Gasteiger partial charge in [0.25, 0.3) is 0 Å². The molecule has 6 heteroatoms. The number of rotatable bonds is 7. The highest BCUT2D eigenvalue weighted by Gasteiger charge is 2.22. The molecular weight excluding hydrogens is 346 g/mol. The number of nitrogens with one attached hydrogen (secondary N) is 2. The van der Waals surface area contributed by atoms with Crippen molar-refractivity contribution < 1.29 is 9.90 Å². The number of carbonyl (C=O) groups is 1. The van der Waals surface area contributed by atoms with E-state index < -0.39 is 0 Å². The third-order valence-corrected chi connectivity index (χ3v) is 5.32.